The van der Waals surface area contributed by atoms with Crippen LogP contribution in [0.15, 0.2) is 29.2 Å². The third-order valence-electron chi connectivity index (χ3n) is 3.43. The first-order chi connectivity index (χ1) is 11.7. The summed E-state index contributed by atoms with van der Waals surface area (Å²) in [6.07, 6.45) is 0.329. The Morgan fingerprint density at radius 1 is 1.32 bits per heavy atom. The van der Waals surface area contributed by atoms with E-state index in [1.165, 1.54) is 6.92 Å². The first kappa shape index (κ1) is 19.3. The molecule has 0 spiro atoms. The molecule has 0 unspecified atom stereocenters. The number of amides is 1. The van der Waals surface area contributed by atoms with Crippen molar-refractivity contribution < 1.29 is 32.2 Å². The van der Waals surface area contributed by atoms with E-state index in [4.69, 9.17) is 4.74 Å². The minimum absolute atomic E-state index is 0.0933. The Hall–Kier alpha value is -2.04. The van der Waals surface area contributed by atoms with E-state index in [0.717, 1.165) is 37.1 Å². The molecule has 1 amide bonds. The monoisotopic (exact) mass is 374 g/mol. The van der Waals surface area contributed by atoms with Crippen molar-refractivity contribution in [2.75, 3.05) is 6.61 Å². The van der Waals surface area contributed by atoms with Crippen LogP contribution in [0.3, 0.4) is 0 Å². The minimum atomic E-state index is -4.19. The molecule has 0 saturated heterocycles. The summed E-state index contributed by atoms with van der Waals surface area (Å²) >= 11 is 0. The summed E-state index contributed by atoms with van der Waals surface area (Å²) in [5.74, 6) is -2.21. The highest BCUT2D eigenvalue weighted by Crippen LogP contribution is 2.18. The van der Waals surface area contributed by atoms with E-state index in [1.54, 1.807) is 0 Å². The predicted molar refractivity (Wildman–Crippen MR) is 84.3 cm³/mol. The first-order valence-electron chi connectivity index (χ1n) is 7.61. The van der Waals surface area contributed by atoms with Gasteiger partial charge in [-0.3, -0.25) is 9.59 Å². The second-order valence-electron chi connectivity index (χ2n) is 5.74. The lowest BCUT2D eigenvalue weighted by Gasteiger charge is -2.20. The van der Waals surface area contributed by atoms with Gasteiger partial charge < -0.3 is 15.2 Å². The van der Waals surface area contributed by atoms with Gasteiger partial charge in [0.1, 0.15) is 11.9 Å². The number of carbonyl (C=O) groups is 2. The summed E-state index contributed by atoms with van der Waals surface area (Å²) in [7, 11) is -4.19. The molecule has 0 heterocycles. The lowest BCUT2D eigenvalue weighted by molar-refractivity contribution is -0.152. The third kappa shape index (κ3) is 5.76. The Kier molecular flexibility index (Phi) is 6.09. The van der Waals surface area contributed by atoms with E-state index >= 15 is 0 Å². The van der Waals surface area contributed by atoms with Gasteiger partial charge in [0, 0.05) is 6.04 Å². The molecule has 1 fully saturated rings. The van der Waals surface area contributed by atoms with Gasteiger partial charge in [0.25, 0.3) is 5.91 Å². The molecule has 1 aliphatic carbocycles. The molecule has 2 rings (SSSR count). The Labute approximate surface area is 144 Å². The molecule has 1 aliphatic rings. The van der Waals surface area contributed by atoms with Crippen LogP contribution in [0.5, 0.6) is 0 Å². The van der Waals surface area contributed by atoms with Crippen molar-refractivity contribution >= 4 is 21.9 Å². The number of benzene rings is 1. The normalized spacial score (nSPS) is 16.8. The topological polar surface area (TPSA) is 122 Å². The van der Waals surface area contributed by atoms with Gasteiger partial charge in [-0.2, -0.15) is 4.72 Å². The van der Waals surface area contributed by atoms with Crippen LogP contribution < -0.4 is 10.0 Å². The van der Waals surface area contributed by atoms with Crippen LogP contribution in [0, 0.1) is 5.82 Å². The lowest BCUT2D eigenvalue weighted by Crippen LogP contribution is -2.49. The standard InChI is InChI=1S/C15H19FN2O6S/c1-9(19)14(15(21)24-8-13(20)17-11-4-5-11)18-25(22,23)12-6-2-10(16)3-7-12/h2-3,6-7,9,11,14,18-19H,4-5,8H2,1H3,(H,17,20)/t9-,14-/m0/s1. The second kappa shape index (κ2) is 7.89. The summed E-state index contributed by atoms with van der Waals surface area (Å²) < 4.78 is 44.1. The molecule has 2 atom stereocenters. The van der Waals surface area contributed by atoms with Crippen molar-refractivity contribution in [2.45, 2.75) is 42.8 Å². The fourth-order valence-electron chi connectivity index (χ4n) is 1.92. The van der Waals surface area contributed by atoms with Gasteiger partial charge in [-0.05, 0) is 44.0 Å². The Bertz CT molecular complexity index is 731. The number of aliphatic hydroxyl groups is 1. The number of hydrogen-bond acceptors (Lipinski definition) is 6. The van der Waals surface area contributed by atoms with Gasteiger partial charge in [-0.15, -0.1) is 0 Å². The van der Waals surface area contributed by atoms with Crippen molar-refractivity contribution in [2.24, 2.45) is 0 Å². The summed E-state index contributed by atoms with van der Waals surface area (Å²) in [6.45, 7) is 0.625. The zero-order chi connectivity index (χ0) is 18.6. The van der Waals surface area contributed by atoms with Crippen molar-refractivity contribution in [3.8, 4) is 0 Å². The van der Waals surface area contributed by atoms with Crippen LogP contribution in [0.1, 0.15) is 19.8 Å². The van der Waals surface area contributed by atoms with E-state index in [-0.39, 0.29) is 10.9 Å². The van der Waals surface area contributed by atoms with E-state index in [0.29, 0.717) is 0 Å². The summed E-state index contributed by atoms with van der Waals surface area (Å²) in [5, 5.41) is 12.3. The maximum absolute atomic E-state index is 12.9. The zero-order valence-corrected chi connectivity index (χ0v) is 14.3. The average molecular weight is 374 g/mol. The van der Waals surface area contributed by atoms with Crippen LogP contribution in [-0.2, 0) is 24.3 Å². The van der Waals surface area contributed by atoms with Gasteiger partial charge >= 0.3 is 5.97 Å². The summed E-state index contributed by atoms with van der Waals surface area (Å²) in [5.41, 5.74) is 0. The number of ether oxygens (including phenoxy) is 1. The van der Waals surface area contributed by atoms with Crippen LogP contribution in [0.4, 0.5) is 4.39 Å². The van der Waals surface area contributed by atoms with Crippen LogP contribution in [0.2, 0.25) is 0 Å². The van der Waals surface area contributed by atoms with Gasteiger partial charge in [0.05, 0.1) is 11.0 Å². The van der Waals surface area contributed by atoms with Crippen molar-refractivity contribution in [3.05, 3.63) is 30.1 Å². The van der Waals surface area contributed by atoms with E-state index in [9.17, 15) is 27.5 Å². The number of esters is 1. The Balaban J connectivity index is 1.99. The molecule has 0 aromatic heterocycles. The Morgan fingerprint density at radius 3 is 2.44 bits per heavy atom. The smallest absolute Gasteiger partial charge is 0.327 e. The lowest BCUT2D eigenvalue weighted by atomic mass is 10.2. The number of rotatable bonds is 8. The average Bonchev–Trinajstić information content (AvgIpc) is 3.34. The molecule has 1 aromatic carbocycles. The maximum atomic E-state index is 12.9. The summed E-state index contributed by atoms with van der Waals surface area (Å²) in [6, 6.07) is 2.43. The highest BCUT2D eigenvalue weighted by Gasteiger charge is 2.32. The first-order valence-corrected chi connectivity index (χ1v) is 9.09. The highest BCUT2D eigenvalue weighted by atomic mass is 32.2. The molecule has 0 bridgehead atoms. The second-order valence-corrected chi connectivity index (χ2v) is 7.46. The molecule has 0 radical (unpaired) electrons. The maximum Gasteiger partial charge on any atom is 0.327 e. The van der Waals surface area contributed by atoms with Crippen LogP contribution in [-0.4, -0.2) is 50.2 Å². The number of sulfonamides is 1. The SMILES string of the molecule is C[C@H](O)[C@H](NS(=O)(=O)c1ccc(F)cc1)C(=O)OCC(=O)NC1CC1. The molecule has 1 saturated carbocycles. The predicted octanol–water partition coefficient (Wildman–Crippen LogP) is -0.325. The largest absolute Gasteiger partial charge is 0.454 e. The molecule has 1 aromatic rings. The molecular formula is C15H19FN2O6S. The number of halogens is 1. The molecule has 10 heteroatoms. The molecule has 25 heavy (non-hydrogen) atoms. The fraction of sp³-hybridized carbons (Fsp3) is 0.467. The van der Waals surface area contributed by atoms with Crippen LogP contribution >= 0.6 is 0 Å². The van der Waals surface area contributed by atoms with Gasteiger partial charge in [-0.25, -0.2) is 12.8 Å². The van der Waals surface area contributed by atoms with E-state index in [2.05, 4.69) is 5.32 Å². The fourth-order valence-corrected chi connectivity index (χ4v) is 3.17. The van der Waals surface area contributed by atoms with Crippen LogP contribution in [0.25, 0.3) is 0 Å². The molecule has 8 nitrogen and oxygen atoms in total. The molecule has 3 N–H and O–H groups in total. The summed E-state index contributed by atoms with van der Waals surface area (Å²) in [4.78, 5) is 23.2. The van der Waals surface area contributed by atoms with E-state index in [1.807, 2.05) is 4.72 Å². The highest BCUT2D eigenvalue weighted by molar-refractivity contribution is 7.89. The number of nitrogens with one attached hydrogen (secondary N) is 2. The minimum Gasteiger partial charge on any atom is -0.454 e. The molecule has 138 valence electrons. The van der Waals surface area contributed by atoms with Gasteiger partial charge in [0.15, 0.2) is 6.61 Å². The molecule has 0 aliphatic heterocycles. The van der Waals surface area contributed by atoms with Crippen molar-refractivity contribution in [3.63, 3.8) is 0 Å². The van der Waals surface area contributed by atoms with E-state index < -0.39 is 46.5 Å². The zero-order valence-electron chi connectivity index (χ0n) is 13.4. The van der Waals surface area contributed by atoms with Gasteiger partial charge in [0.2, 0.25) is 10.0 Å². The molecular weight excluding hydrogens is 355 g/mol. The Morgan fingerprint density at radius 2 is 1.92 bits per heavy atom. The number of carbonyl (C=O) groups excluding carboxylic acids is 2. The van der Waals surface area contributed by atoms with Crippen molar-refractivity contribution in [1.29, 1.82) is 0 Å². The number of aliphatic hydroxyl groups excluding tert-OH is 1. The van der Waals surface area contributed by atoms with Crippen molar-refractivity contribution in [1.82, 2.24) is 10.0 Å². The third-order valence-corrected chi connectivity index (χ3v) is 4.89. The van der Waals surface area contributed by atoms with Gasteiger partial charge in [-0.1, -0.05) is 0 Å². The quantitative estimate of drug-likeness (QED) is 0.536. The number of hydrogen-bond donors (Lipinski definition) is 3.